The maximum absolute atomic E-state index is 2.25. The Balaban J connectivity index is 0.000000180. The highest BCUT2D eigenvalue weighted by Crippen LogP contribution is 2.08. The topological polar surface area (TPSA) is 9.86 Å². The summed E-state index contributed by atoms with van der Waals surface area (Å²) in [5.74, 6) is 0. The summed E-state index contributed by atoms with van der Waals surface area (Å²) in [5.41, 5.74) is 2.67. The SMILES string of the molecule is Cc1cccn1C(C)C.Cc1ccn(C(C)C)c1. The molecule has 2 nitrogen and oxygen atoms in total. The van der Waals surface area contributed by atoms with Crippen molar-refractivity contribution in [1.29, 1.82) is 0 Å². The van der Waals surface area contributed by atoms with E-state index < -0.39 is 0 Å². The van der Waals surface area contributed by atoms with Crippen LogP contribution in [0.25, 0.3) is 0 Å². The molecule has 2 aromatic heterocycles. The first kappa shape index (κ1) is 14.6. The molecule has 0 unspecified atom stereocenters. The van der Waals surface area contributed by atoms with Crippen molar-refractivity contribution in [3.8, 4) is 0 Å². The van der Waals surface area contributed by atoms with Gasteiger partial charge in [-0.2, -0.15) is 0 Å². The van der Waals surface area contributed by atoms with E-state index in [0.717, 1.165) is 0 Å². The van der Waals surface area contributed by atoms with Gasteiger partial charge in [0.25, 0.3) is 0 Å². The molecule has 0 saturated carbocycles. The number of nitrogens with zero attached hydrogens (tertiary/aromatic N) is 2. The fourth-order valence-electron chi connectivity index (χ4n) is 1.90. The Kier molecular flexibility index (Phi) is 5.26. The molecule has 2 heteroatoms. The summed E-state index contributed by atoms with van der Waals surface area (Å²) in [6.45, 7) is 13.0. The lowest BCUT2D eigenvalue weighted by molar-refractivity contribution is 0.589. The molecular weight excluding hydrogens is 220 g/mol. The van der Waals surface area contributed by atoms with E-state index in [4.69, 9.17) is 0 Å². The standard InChI is InChI=1S/2C8H13N/c1-7(2)9-5-4-8(3)6-9;1-7(2)9-6-4-5-8(9)3/h2*4-7H,1-3H3. The molecule has 0 aliphatic heterocycles. The first-order valence-corrected chi connectivity index (χ1v) is 6.69. The molecule has 0 amide bonds. The van der Waals surface area contributed by atoms with Gasteiger partial charge in [-0.05, 0) is 65.3 Å². The van der Waals surface area contributed by atoms with Crippen LogP contribution in [-0.2, 0) is 0 Å². The number of hydrogen-bond acceptors (Lipinski definition) is 0. The van der Waals surface area contributed by atoms with Crippen LogP contribution in [0, 0.1) is 13.8 Å². The van der Waals surface area contributed by atoms with Crippen molar-refractivity contribution >= 4 is 0 Å². The zero-order valence-corrected chi connectivity index (χ0v) is 12.5. The Morgan fingerprint density at radius 2 is 1.56 bits per heavy atom. The van der Waals surface area contributed by atoms with Crippen molar-refractivity contribution in [2.24, 2.45) is 0 Å². The van der Waals surface area contributed by atoms with Crippen LogP contribution < -0.4 is 0 Å². The van der Waals surface area contributed by atoms with Crippen molar-refractivity contribution in [3.63, 3.8) is 0 Å². The normalized spacial score (nSPS) is 10.7. The zero-order valence-electron chi connectivity index (χ0n) is 12.5. The van der Waals surface area contributed by atoms with Crippen LogP contribution in [0.4, 0.5) is 0 Å². The van der Waals surface area contributed by atoms with Crippen LogP contribution in [0.2, 0.25) is 0 Å². The molecule has 2 aromatic rings. The Labute approximate surface area is 111 Å². The van der Waals surface area contributed by atoms with E-state index in [9.17, 15) is 0 Å². The summed E-state index contributed by atoms with van der Waals surface area (Å²) in [4.78, 5) is 0. The van der Waals surface area contributed by atoms with Crippen molar-refractivity contribution in [1.82, 2.24) is 9.13 Å². The highest BCUT2D eigenvalue weighted by molar-refractivity contribution is 5.07. The molecule has 100 valence electrons. The van der Waals surface area contributed by atoms with Gasteiger partial charge < -0.3 is 9.13 Å². The summed E-state index contributed by atoms with van der Waals surface area (Å²) >= 11 is 0. The van der Waals surface area contributed by atoms with Gasteiger partial charge in [0.15, 0.2) is 0 Å². The van der Waals surface area contributed by atoms with Gasteiger partial charge in [0, 0.05) is 36.4 Å². The molecule has 0 fully saturated rings. The summed E-state index contributed by atoms with van der Waals surface area (Å²) in [7, 11) is 0. The quantitative estimate of drug-likeness (QED) is 0.723. The summed E-state index contributed by atoms with van der Waals surface area (Å²) in [5, 5.41) is 0. The predicted octanol–water partition coefficient (Wildman–Crippen LogP) is 4.75. The van der Waals surface area contributed by atoms with Gasteiger partial charge in [0.1, 0.15) is 0 Å². The van der Waals surface area contributed by atoms with E-state index in [1.807, 2.05) is 0 Å². The number of rotatable bonds is 2. The van der Waals surface area contributed by atoms with Gasteiger partial charge in [-0.1, -0.05) is 0 Å². The fourth-order valence-corrected chi connectivity index (χ4v) is 1.90. The molecule has 0 saturated heterocycles. The van der Waals surface area contributed by atoms with Crippen LogP contribution in [-0.4, -0.2) is 9.13 Å². The van der Waals surface area contributed by atoms with E-state index in [1.165, 1.54) is 11.3 Å². The van der Waals surface area contributed by atoms with Crippen LogP contribution in [0.5, 0.6) is 0 Å². The third-order valence-electron chi connectivity index (χ3n) is 3.01. The molecule has 0 aromatic carbocycles. The predicted molar refractivity (Wildman–Crippen MR) is 79.1 cm³/mol. The minimum atomic E-state index is 0.596. The second-order valence-corrected chi connectivity index (χ2v) is 5.38. The highest BCUT2D eigenvalue weighted by atomic mass is 15.0. The fraction of sp³-hybridized carbons (Fsp3) is 0.500. The molecule has 18 heavy (non-hydrogen) atoms. The van der Waals surface area contributed by atoms with Crippen molar-refractivity contribution in [2.75, 3.05) is 0 Å². The van der Waals surface area contributed by atoms with Crippen molar-refractivity contribution < 1.29 is 0 Å². The van der Waals surface area contributed by atoms with Crippen LogP contribution in [0.1, 0.15) is 51.0 Å². The summed E-state index contributed by atoms with van der Waals surface area (Å²) in [6, 6.07) is 7.52. The third kappa shape index (κ3) is 4.10. The molecule has 2 rings (SSSR count). The molecule has 0 spiro atoms. The number of hydrogen-bond donors (Lipinski definition) is 0. The van der Waals surface area contributed by atoms with E-state index in [2.05, 4.69) is 87.5 Å². The molecule has 0 aliphatic carbocycles. The van der Waals surface area contributed by atoms with Gasteiger partial charge in [-0.25, -0.2) is 0 Å². The maximum Gasteiger partial charge on any atom is 0.0276 e. The van der Waals surface area contributed by atoms with Crippen LogP contribution >= 0.6 is 0 Å². The molecule has 0 atom stereocenters. The largest absolute Gasteiger partial charge is 0.352 e. The van der Waals surface area contributed by atoms with E-state index in [0.29, 0.717) is 12.1 Å². The Morgan fingerprint density at radius 1 is 0.889 bits per heavy atom. The van der Waals surface area contributed by atoms with Gasteiger partial charge >= 0.3 is 0 Å². The van der Waals surface area contributed by atoms with E-state index in [-0.39, 0.29) is 0 Å². The number of aryl methyl sites for hydroxylation is 2. The summed E-state index contributed by atoms with van der Waals surface area (Å²) < 4.78 is 4.45. The third-order valence-corrected chi connectivity index (χ3v) is 3.01. The minimum Gasteiger partial charge on any atom is -0.352 e. The van der Waals surface area contributed by atoms with E-state index in [1.54, 1.807) is 0 Å². The maximum atomic E-state index is 2.25. The number of aromatic nitrogens is 2. The second-order valence-electron chi connectivity index (χ2n) is 5.38. The van der Waals surface area contributed by atoms with Crippen LogP contribution in [0.15, 0.2) is 36.8 Å². The monoisotopic (exact) mass is 246 g/mol. The summed E-state index contributed by atoms with van der Waals surface area (Å²) in [6.07, 6.45) is 6.38. The second kappa shape index (κ2) is 6.48. The lowest BCUT2D eigenvalue weighted by Gasteiger charge is -2.08. The Bertz CT molecular complexity index is 461. The molecular formula is C16H26N2. The first-order valence-electron chi connectivity index (χ1n) is 6.69. The first-order chi connectivity index (χ1) is 8.41. The van der Waals surface area contributed by atoms with Crippen molar-refractivity contribution in [3.05, 3.63) is 48.0 Å². The lowest BCUT2D eigenvalue weighted by atomic mass is 10.4. The van der Waals surface area contributed by atoms with Gasteiger partial charge in [0.2, 0.25) is 0 Å². The van der Waals surface area contributed by atoms with E-state index >= 15 is 0 Å². The molecule has 0 aliphatic rings. The zero-order chi connectivity index (χ0) is 13.7. The van der Waals surface area contributed by atoms with Gasteiger partial charge in [0.05, 0.1) is 0 Å². The van der Waals surface area contributed by atoms with Crippen LogP contribution in [0.3, 0.4) is 0 Å². The van der Waals surface area contributed by atoms with Crippen molar-refractivity contribution in [2.45, 2.75) is 53.6 Å². The molecule has 0 radical (unpaired) electrons. The Hall–Kier alpha value is -1.44. The lowest BCUT2D eigenvalue weighted by Crippen LogP contribution is -1.99. The average molecular weight is 246 g/mol. The highest BCUT2D eigenvalue weighted by Gasteiger charge is 1.96. The minimum absolute atomic E-state index is 0.596. The Morgan fingerprint density at radius 3 is 1.78 bits per heavy atom. The van der Waals surface area contributed by atoms with Gasteiger partial charge in [-0.15, -0.1) is 0 Å². The molecule has 0 bridgehead atoms. The van der Waals surface area contributed by atoms with Gasteiger partial charge in [-0.3, -0.25) is 0 Å². The molecule has 2 heterocycles. The average Bonchev–Trinajstić information content (AvgIpc) is 2.87. The molecule has 0 N–H and O–H groups in total. The smallest absolute Gasteiger partial charge is 0.0276 e.